The number of carbonyl (C=O) groups excluding carboxylic acids is 1. The van der Waals surface area contributed by atoms with Crippen LogP contribution in [0.25, 0.3) is 0 Å². The Bertz CT molecular complexity index is 958. The van der Waals surface area contributed by atoms with Crippen LogP contribution in [-0.2, 0) is 21.2 Å². The Hall–Kier alpha value is -2.22. The van der Waals surface area contributed by atoms with Crippen molar-refractivity contribution in [2.75, 3.05) is 25.5 Å². The Balaban J connectivity index is 1.80. The van der Waals surface area contributed by atoms with Crippen molar-refractivity contribution in [3.63, 3.8) is 0 Å². The molecule has 2 aromatic carbocycles. The van der Waals surface area contributed by atoms with Crippen molar-refractivity contribution in [2.24, 2.45) is 0 Å². The van der Waals surface area contributed by atoms with Gasteiger partial charge in [-0.25, -0.2) is 13.1 Å². The molecule has 150 valence electrons. The molecule has 0 spiro atoms. The van der Waals surface area contributed by atoms with Gasteiger partial charge in [0.05, 0.1) is 4.90 Å². The molecular weight excluding hydrogens is 374 g/mol. The van der Waals surface area contributed by atoms with Crippen molar-refractivity contribution in [2.45, 2.75) is 37.2 Å². The predicted octanol–water partition coefficient (Wildman–Crippen LogP) is 2.57. The third kappa shape index (κ3) is 4.11. The van der Waals surface area contributed by atoms with Gasteiger partial charge in [-0.3, -0.25) is 4.79 Å². The van der Waals surface area contributed by atoms with Gasteiger partial charge >= 0.3 is 0 Å². The number of amides is 1. The molecule has 1 N–H and O–H groups in total. The number of rotatable bonds is 6. The molecule has 0 radical (unpaired) electrons. The second kappa shape index (κ2) is 8.03. The van der Waals surface area contributed by atoms with E-state index in [0.29, 0.717) is 6.42 Å². The van der Waals surface area contributed by atoms with Gasteiger partial charge in [0, 0.05) is 31.2 Å². The summed E-state index contributed by atoms with van der Waals surface area (Å²) in [6, 6.07) is 14.8. The highest BCUT2D eigenvalue weighted by atomic mass is 32.2. The van der Waals surface area contributed by atoms with Gasteiger partial charge in [-0.15, -0.1) is 0 Å². The highest BCUT2D eigenvalue weighted by molar-refractivity contribution is 7.89. The molecule has 1 aliphatic rings. The zero-order valence-corrected chi connectivity index (χ0v) is 17.5. The van der Waals surface area contributed by atoms with Crippen LogP contribution in [0.15, 0.2) is 53.4 Å². The van der Waals surface area contributed by atoms with Crippen LogP contribution in [0.5, 0.6) is 0 Å². The average molecular weight is 402 g/mol. The largest absolute Gasteiger partial charge is 0.309 e. The lowest BCUT2D eigenvalue weighted by Gasteiger charge is -2.25. The molecule has 0 aliphatic carbocycles. The smallest absolute Gasteiger partial charge is 0.240 e. The number of likely N-dealkylation sites (N-methyl/N-ethyl adjacent to an activating group) is 1. The predicted molar refractivity (Wildman–Crippen MR) is 111 cm³/mol. The van der Waals surface area contributed by atoms with Crippen molar-refractivity contribution in [3.8, 4) is 0 Å². The maximum Gasteiger partial charge on any atom is 0.240 e. The first kappa shape index (κ1) is 20.5. The number of nitrogens with one attached hydrogen (secondary N) is 1. The number of sulfonamides is 1. The fraction of sp³-hybridized carbons (Fsp3) is 0.381. The van der Waals surface area contributed by atoms with E-state index in [0.717, 1.165) is 16.8 Å². The summed E-state index contributed by atoms with van der Waals surface area (Å²) in [6.45, 7) is 3.77. The Kier molecular flexibility index (Phi) is 5.88. The maximum atomic E-state index is 12.9. The summed E-state index contributed by atoms with van der Waals surface area (Å²) in [7, 11) is 0.206. The Labute approximate surface area is 167 Å². The topological polar surface area (TPSA) is 69.7 Å². The van der Waals surface area contributed by atoms with E-state index in [-0.39, 0.29) is 29.4 Å². The van der Waals surface area contributed by atoms with E-state index in [4.69, 9.17) is 0 Å². The van der Waals surface area contributed by atoms with Gasteiger partial charge in [-0.1, -0.05) is 30.3 Å². The lowest BCUT2D eigenvalue weighted by Crippen LogP contribution is -2.34. The van der Waals surface area contributed by atoms with Gasteiger partial charge in [0.1, 0.15) is 0 Å². The summed E-state index contributed by atoms with van der Waals surface area (Å²) in [5, 5.41) is 0. The van der Waals surface area contributed by atoms with Gasteiger partial charge in [0.25, 0.3) is 0 Å². The Morgan fingerprint density at radius 3 is 2.50 bits per heavy atom. The van der Waals surface area contributed by atoms with Gasteiger partial charge in [0.15, 0.2) is 0 Å². The average Bonchev–Trinajstić information content (AvgIpc) is 2.97. The fourth-order valence-corrected chi connectivity index (χ4v) is 4.89. The molecule has 1 amide bonds. The maximum absolute atomic E-state index is 12.9. The van der Waals surface area contributed by atoms with Crippen molar-refractivity contribution in [1.29, 1.82) is 0 Å². The summed E-state index contributed by atoms with van der Waals surface area (Å²) < 4.78 is 28.5. The van der Waals surface area contributed by atoms with E-state index in [1.807, 2.05) is 56.3 Å². The third-order valence-corrected chi connectivity index (χ3v) is 6.61. The molecule has 0 fully saturated rings. The van der Waals surface area contributed by atoms with E-state index in [2.05, 4.69) is 4.72 Å². The molecule has 2 aromatic rings. The van der Waals surface area contributed by atoms with Crippen molar-refractivity contribution in [3.05, 3.63) is 59.7 Å². The summed E-state index contributed by atoms with van der Waals surface area (Å²) in [4.78, 5) is 15.8. The fourth-order valence-electron chi connectivity index (χ4n) is 3.80. The molecule has 0 unspecified atom stereocenters. The second-order valence-electron chi connectivity index (χ2n) is 7.47. The summed E-state index contributed by atoms with van der Waals surface area (Å²) in [6.07, 6.45) is 0.655. The molecule has 1 aliphatic heterocycles. The van der Waals surface area contributed by atoms with E-state index < -0.39 is 10.0 Å². The molecule has 0 saturated heterocycles. The highest BCUT2D eigenvalue weighted by Gasteiger charge is 2.30. The second-order valence-corrected chi connectivity index (χ2v) is 9.24. The van der Waals surface area contributed by atoms with E-state index in [1.54, 1.807) is 23.1 Å². The minimum Gasteiger partial charge on any atom is -0.309 e. The first-order chi connectivity index (χ1) is 13.2. The number of hydrogen-bond donors (Lipinski definition) is 1. The van der Waals surface area contributed by atoms with Crippen LogP contribution in [0, 0.1) is 0 Å². The minimum atomic E-state index is -3.65. The molecule has 28 heavy (non-hydrogen) atoms. The van der Waals surface area contributed by atoms with Gasteiger partial charge in [-0.2, -0.15) is 0 Å². The normalized spacial score (nSPS) is 17.6. The number of hydrogen-bond acceptors (Lipinski definition) is 4. The van der Waals surface area contributed by atoms with Crippen LogP contribution in [0.2, 0.25) is 0 Å². The third-order valence-electron chi connectivity index (χ3n) is 5.19. The molecular formula is C21H27N3O3S. The van der Waals surface area contributed by atoms with Crippen LogP contribution in [0.1, 0.15) is 31.0 Å². The number of nitrogens with zero attached hydrogens (tertiary/aromatic N) is 2. The van der Waals surface area contributed by atoms with E-state index >= 15 is 0 Å². The summed E-state index contributed by atoms with van der Waals surface area (Å²) in [5.74, 6) is -0.0309. The van der Waals surface area contributed by atoms with E-state index in [9.17, 15) is 13.2 Å². The zero-order valence-electron chi connectivity index (χ0n) is 16.7. The van der Waals surface area contributed by atoms with Gasteiger partial charge in [-0.05, 0) is 56.8 Å². The van der Waals surface area contributed by atoms with Crippen LogP contribution < -0.4 is 9.62 Å². The van der Waals surface area contributed by atoms with Crippen LogP contribution in [-0.4, -0.2) is 45.9 Å². The van der Waals surface area contributed by atoms with Crippen LogP contribution in [0.3, 0.4) is 0 Å². The van der Waals surface area contributed by atoms with Crippen LogP contribution >= 0.6 is 0 Å². The first-order valence-corrected chi connectivity index (χ1v) is 10.8. The SMILES string of the molecule is CC(=O)N1c2ccc(S(=O)(=O)NC[C@@H](c3ccccc3)N(C)C)cc2C[C@H]1C. The van der Waals surface area contributed by atoms with Crippen LogP contribution in [0.4, 0.5) is 5.69 Å². The number of carbonyl (C=O) groups is 1. The molecule has 6 nitrogen and oxygen atoms in total. The Morgan fingerprint density at radius 2 is 1.89 bits per heavy atom. The molecule has 3 rings (SSSR count). The molecule has 0 saturated carbocycles. The summed E-state index contributed by atoms with van der Waals surface area (Å²) in [5.41, 5.74) is 2.74. The Morgan fingerprint density at radius 1 is 1.21 bits per heavy atom. The molecule has 7 heteroatoms. The quantitative estimate of drug-likeness (QED) is 0.808. The van der Waals surface area contributed by atoms with Crippen molar-refractivity contribution >= 4 is 21.6 Å². The number of benzene rings is 2. The molecule has 0 bridgehead atoms. The summed E-state index contributed by atoms with van der Waals surface area (Å²) >= 11 is 0. The first-order valence-electron chi connectivity index (χ1n) is 9.34. The lowest BCUT2D eigenvalue weighted by atomic mass is 10.1. The number of fused-ring (bicyclic) bond motifs is 1. The standard InChI is InChI=1S/C21H27N3O3S/c1-15-12-18-13-19(10-11-20(18)24(15)16(2)25)28(26,27)22-14-21(23(3)4)17-8-6-5-7-9-17/h5-11,13,15,21-22H,12,14H2,1-4H3/t15-,21+/m1/s1. The van der Waals surface area contributed by atoms with Gasteiger partial charge < -0.3 is 9.80 Å². The molecule has 0 aromatic heterocycles. The van der Waals surface area contributed by atoms with Crippen molar-refractivity contribution in [1.82, 2.24) is 9.62 Å². The lowest BCUT2D eigenvalue weighted by molar-refractivity contribution is -0.116. The molecule has 2 atom stereocenters. The van der Waals surface area contributed by atoms with Crippen molar-refractivity contribution < 1.29 is 13.2 Å². The number of anilines is 1. The monoisotopic (exact) mass is 401 g/mol. The van der Waals surface area contributed by atoms with E-state index in [1.165, 1.54) is 6.92 Å². The zero-order chi connectivity index (χ0) is 20.5. The van der Waals surface area contributed by atoms with Gasteiger partial charge in [0.2, 0.25) is 15.9 Å². The highest BCUT2D eigenvalue weighted by Crippen LogP contribution is 2.34. The molecule has 1 heterocycles. The minimum absolute atomic E-state index is 0.0309.